The molecular formula is C9H6ClN3O. The lowest BCUT2D eigenvalue weighted by Gasteiger charge is -2.01. The smallest absolute Gasteiger partial charge is 0.155 e. The Labute approximate surface area is 85.2 Å². The Morgan fingerprint density at radius 3 is 2.79 bits per heavy atom. The standard InChI is InChI=1S/C9H6ClN3O/c10-8-4-7(14)9(13-12-8)6-2-1-3-11-5-6/h1-5H,(H,12,14). The van der Waals surface area contributed by atoms with Gasteiger partial charge in [-0.1, -0.05) is 11.6 Å². The van der Waals surface area contributed by atoms with Gasteiger partial charge in [-0.05, 0) is 12.1 Å². The number of hydrogen-bond donors (Lipinski definition) is 1. The van der Waals surface area contributed by atoms with Crippen LogP contribution < -0.4 is 0 Å². The van der Waals surface area contributed by atoms with Gasteiger partial charge in [-0.3, -0.25) is 4.98 Å². The Balaban J connectivity index is 2.53. The number of aromatic hydroxyl groups is 1. The van der Waals surface area contributed by atoms with E-state index in [1.165, 1.54) is 6.07 Å². The molecule has 2 heterocycles. The van der Waals surface area contributed by atoms with Crippen LogP contribution in [0.3, 0.4) is 0 Å². The molecular weight excluding hydrogens is 202 g/mol. The molecule has 70 valence electrons. The summed E-state index contributed by atoms with van der Waals surface area (Å²) in [6, 6.07) is 4.88. The fraction of sp³-hybridized carbons (Fsp3) is 0. The van der Waals surface area contributed by atoms with Crippen molar-refractivity contribution in [1.29, 1.82) is 0 Å². The Hall–Kier alpha value is -1.68. The molecule has 0 saturated carbocycles. The molecule has 1 N–H and O–H groups in total. The SMILES string of the molecule is Oc1cc(Cl)nnc1-c1cccnc1. The van der Waals surface area contributed by atoms with Gasteiger partial charge in [0.25, 0.3) is 0 Å². The van der Waals surface area contributed by atoms with Crippen molar-refractivity contribution in [2.75, 3.05) is 0 Å². The van der Waals surface area contributed by atoms with Crippen LogP contribution in [0, 0.1) is 0 Å². The van der Waals surface area contributed by atoms with Crippen LogP contribution in [0.2, 0.25) is 5.15 Å². The highest BCUT2D eigenvalue weighted by molar-refractivity contribution is 6.29. The van der Waals surface area contributed by atoms with Gasteiger partial charge < -0.3 is 5.11 Å². The first-order valence-corrected chi connectivity index (χ1v) is 4.28. The Kier molecular flexibility index (Phi) is 2.28. The Morgan fingerprint density at radius 2 is 2.14 bits per heavy atom. The van der Waals surface area contributed by atoms with Gasteiger partial charge in [-0.15, -0.1) is 10.2 Å². The van der Waals surface area contributed by atoms with Crippen LogP contribution in [0.5, 0.6) is 5.75 Å². The summed E-state index contributed by atoms with van der Waals surface area (Å²) < 4.78 is 0. The molecule has 0 aromatic carbocycles. The van der Waals surface area contributed by atoms with Crippen LogP contribution >= 0.6 is 11.6 Å². The zero-order valence-corrected chi connectivity index (χ0v) is 7.81. The first kappa shape index (κ1) is 8.90. The van der Waals surface area contributed by atoms with Gasteiger partial charge in [0, 0.05) is 24.0 Å². The summed E-state index contributed by atoms with van der Waals surface area (Å²) in [4.78, 5) is 3.91. The van der Waals surface area contributed by atoms with Crippen molar-refractivity contribution in [3.05, 3.63) is 35.7 Å². The largest absolute Gasteiger partial charge is 0.505 e. The minimum absolute atomic E-state index is 0.00185. The van der Waals surface area contributed by atoms with Crippen LogP contribution in [0.25, 0.3) is 11.3 Å². The van der Waals surface area contributed by atoms with Gasteiger partial charge in [-0.25, -0.2) is 0 Å². The molecule has 0 radical (unpaired) electrons. The van der Waals surface area contributed by atoms with E-state index in [1.54, 1.807) is 24.5 Å². The summed E-state index contributed by atoms with van der Waals surface area (Å²) in [7, 11) is 0. The van der Waals surface area contributed by atoms with Crippen LogP contribution in [-0.4, -0.2) is 20.3 Å². The normalized spacial score (nSPS) is 10.1. The summed E-state index contributed by atoms with van der Waals surface area (Å²) in [6.07, 6.45) is 3.24. The first-order chi connectivity index (χ1) is 6.77. The van der Waals surface area contributed by atoms with Crippen molar-refractivity contribution in [3.8, 4) is 17.0 Å². The third kappa shape index (κ3) is 1.65. The number of aromatic nitrogens is 3. The predicted molar refractivity (Wildman–Crippen MR) is 51.9 cm³/mol. The molecule has 0 bridgehead atoms. The summed E-state index contributed by atoms with van der Waals surface area (Å²) >= 11 is 5.56. The molecule has 0 aliphatic carbocycles. The number of pyridine rings is 1. The number of hydrogen-bond acceptors (Lipinski definition) is 4. The van der Waals surface area contributed by atoms with E-state index < -0.39 is 0 Å². The highest BCUT2D eigenvalue weighted by atomic mass is 35.5. The summed E-state index contributed by atoms with van der Waals surface area (Å²) in [5.74, 6) is -0.00185. The molecule has 0 atom stereocenters. The lowest BCUT2D eigenvalue weighted by molar-refractivity contribution is 0.473. The fourth-order valence-corrected chi connectivity index (χ4v) is 1.21. The molecule has 0 unspecified atom stereocenters. The molecule has 0 aliphatic heterocycles. The van der Waals surface area contributed by atoms with E-state index in [1.807, 2.05) is 0 Å². The average Bonchev–Trinajstić information content (AvgIpc) is 2.19. The van der Waals surface area contributed by atoms with Crippen molar-refractivity contribution in [2.45, 2.75) is 0 Å². The van der Waals surface area contributed by atoms with Gasteiger partial charge in [0.1, 0.15) is 11.4 Å². The van der Waals surface area contributed by atoms with Gasteiger partial charge >= 0.3 is 0 Å². The van der Waals surface area contributed by atoms with E-state index in [-0.39, 0.29) is 10.9 Å². The first-order valence-electron chi connectivity index (χ1n) is 3.90. The van der Waals surface area contributed by atoms with E-state index in [0.29, 0.717) is 11.3 Å². The second kappa shape index (κ2) is 3.59. The Morgan fingerprint density at radius 1 is 1.29 bits per heavy atom. The summed E-state index contributed by atoms with van der Waals surface area (Å²) in [5, 5.41) is 17.1. The molecule has 0 amide bonds. The highest BCUT2D eigenvalue weighted by Crippen LogP contribution is 2.26. The highest BCUT2D eigenvalue weighted by Gasteiger charge is 2.07. The van der Waals surface area contributed by atoms with Crippen LogP contribution in [0.1, 0.15) is 0 Å². The summed E-state index contributed by atoms with van der Waals surface area (Å²) in [6.45, 7) is 0. The number of halogens is 1. The van der Waals surface area contributed by atoms with Crippen LogP contribution in [0.15, 0.2) is 30.6 Å². The maximum absolute atomic E-state index is 9.53. The van der Waals surface area contributed by atoms with Crippen molar-refractivity contribution >= 4 is 11.6 Å². The van der Waals surface area contributed by atoms with Crippen molar-refractivity contribution in [2.24, 2.45) is 0 Å². The van der Waals surface area contributed by atoms with Gasteiger partial charge in [-0.2, -0.15) is 0 Å². The molecule has 4 nitrogen and oxygen atoms in total. The molecule has 14 heavy (non-hydrogen) atoms. The zero-order chi connectivity index (χ0) is 9.97. The molecule has 2 rings (SSSR count). The minimum Gasteiger partial charge on any atom is -0.505 e. The average molecular weight is 208 g/mol. The molecule has 0 fully saturated rings. The lowest BCUT2D eigenvalue weighted by atomic mass is 10.2. The third-order valence-corrected chi connectivity index (χ3v) is 1.86. The third-order valence-electron chi connectivity index (χ3n) is 1.68. The van der Waals surface area contributed by atoms with Gasteiger partial charge in [0.05, 0.1) is 0 Å². The van der Waals surface area contributed by atoms with E-state index in [9.17, 15) is 5.11 Å². The maximum atomic E-state index is 9.53. The van der Waals surface area contributed by atoms with Gasteiger partial charge in [0.2, 0.25) is 0 Å². The monoisotopic (exact) mass is 207 g/mol. The lowest BCUT2D eigenvalue weighted by Crippen LogP contribution is -1.89. The second-order valence-corrected chi connectivity index (χ2v) is 3.03. The Bertz CT molecular complexity index is 447. The quantitative estimate of drug-likeness (QED) is 0.776. The van der Waals surface area contributed by atoms with Crippen molar-refractivity contribution in [1.82, 2.24) is 15.2 Å². The van der Waals surface area contributed by atoms with E-state index in [2.05, 4.69) is 15.2 Å². The van der Waals surface area contributed by atoms with Crippen LogP contribution in [-0.2, 0) is 0 Å². The van der Waals surface area contributed by atoms with Crippen molar-refractivity contribution in [3.63, 3.8) is 0 Å². The second-order valence-electron chi connectivity index (χ2n) is 2.64. The summed E-state index contributed by atoms with van der Waals surface area (Å²) in [5.41, 5.74) is 1.08. The molecule has 0 spiro atoms. The molecule has 2 aromatic rings. The molecule has 2 aromatic heterocycles. The maximum Gasteiger partial charge on any atom is 0.155 e. The number of rotatable bonds is 1. The fourth-order valence-electron chi connectivity index (χ4n) is 1.07. The zero-order valence-electron chi connectivity index (χ0n) is 7.05. The number of nitrogens with zero attached hydrogens (tertiary/aromatic N) is 3. The minimum atomic E-state index is -0.00185. The topological polar surface area (TPSA) is 58.9 Å². The van der Waals surface area contributed by atoms with E-state index in [4.69, 9.17) is 11.6 Å². The predicted octanol–water partition coefficient (Wildman–Crippen LogP) is 1.90. The van der Waals surface area contributed by atoms with Crippen LogP contribution in [0.4, 0.5) is 0 Å². The van der Waals surface area contributed by atoms with Crippen molar-refractivity contribution < 1.29 is 5.11 Å². The molecule has 5 heteroatoms. The van der Waals surface area contributed by atoms with E-state index >= 15 is 0 Å². The van der Waals surface area contributed by atoms with E-state index in [0.717, 1.165) is 0 Å². The molecule has 0 aliphatic rings. The van der Waals surface area contributed by atoms with Gasteiger partial charge in [0.15, 0.2) is 5.15 Å². The molecule has 0 saturated heterocycles.